The number of hydrogen-bond acceptors (Lipinski definition) is 9. The maximum atomic E-state index is 12.7. The molecule has 4 atom stereocenters. The average molecular weight is 819 g/mol. The molecule has 330 valence electrons. The van der Waals surface area contributed by atoms with Gasteiger partial charge in [-0.3, -0.25) is 18.6 Å². The molecule has 0 amide bonds. The predicted molar refractivity (Wildman–Crippen MR) is 227 cm³/mol. The number of unbranched alkanes of at least 4 members (excludes halogenated alkanes) is 18. The molecule has 56 heavy (non-hydrogen) atoms. The van der Waals surface area contributed by atoms with Crippen LogP contribution in [-0.2, 0) is 32.7 Å². The number of aliphatic hydroxyl groups excluding tert-OH is 2. The number of aliphatic hydroxyl groups is 2. The second-order valence-electron chi connectivity index (χ2n) is 16.4. The van der Waals surface area contributed by atoms with Crippen LogP contribution in [-0.4, -0.2) is 97.3 Å². The number of carbonyl (C=O) groups is 2. The molecule has 0 saturated heterocycles. The zero-order valence-corrected chi connectivity index (χ0v) is 37.2. The maximum Gasteiger partial charge on any atom is 0.472 e. The lowest BCUT2D eigenvalue weighted by molar-refractivity contribution is -0.870. The van der Waals surface area contributed by atoms with Crippen molar-refractivity contribution in [1.82, 2.24) is 0 Å². The summed E-state index contributed by atoms with van der Waals surface area (Å²) in [5.74, 6) is -0.913. The van der Waals surface area contributed by atoms with Crippen LogP contribution in [0.5, 0.6) is 0 Å². The number of quaternary nitrogens is 1. The zero-order valence-electron chi connectivity index (χ0n) is 36.3. The second kappa shape index (κ2) is 36.5. The molecule has 0 bridgehead atoms. The van der Waals surface area contributed by atoms with Crippen molar-refractivity contribution in [3.05, 3.63) is 24.3 Å². The number of phosphoric acid groups is 1. The fraction of sp³-hybridized carbons (Fsp3) is 0.864. The predicted octanol–water partition coefficient (Wildman–Crippen LogP) is 10.3. The SMILES string of the molecule is CCCCC/C=C\C[C@@H](O)[C@H](O)CCCCCCCC(=O)OC[C@H](COP(=O)(O)OCC[N+](C)(C)C)OC(=O)CCCCCCCCC/C=C\CCCCCC. The van der Waals surface area contributed by atoms with E-state index in [1.165, 1.54) is 64.2 Å². The van der Waals surface area contributed by atoms with E-state index >= 15 is 0 Å². The van der Waals surface area contributed by atoms with E-state index in [0.717, 1.165) is 64.2 Å². The maximum absolute atomic E-state index is 12.7. The van der Waals surface area contributed by atoms with Crippen LogP contribution in [0.15, 0.2) is 24.3 Å². The summed E-state index contributed by atoms with van der Waals surface area (Å²) in [6.45, 7) is 4.17. The molecule has 12 heteroatoms. The van der Waals surface area contributed by atoms with Gasteiger partial charge in [0.2, 0.25) is 0 Å². The molecule has 3 N–H and O–H groups in total. The highest BCUT2D eigenvalue weighted by Crippen LogP contribution is 2.43. The van der Waals surface area contributed by atoms with Gasteiger partial charge in [0.15, 0.2) is 6.10 Å². The summed E-state index contributed by atoms with van der Waals surface area (Å²) in [4.78, 5) is 35.4. The van der Waals surface area contributed by atoms with E-state index in [1.54, 1.807) is 0 Å². The Hall–Kier alpha value is -1.59. The minimum atomic E-state index is -4.41. The van der Waals surface area contributed by atoms with E-state index < -0.39 is 44.7 Å². The Kier molecular flexibility index (Phi) is 35.5. The second-order valence-corrected chi connectivity index (χ2v) is 17.8. The van der Waals surface area contributed by atoms with Crippen LogP contribution < -0.4 is 0 Å². The van der Waals surface area contributed by atoms with Crippen molar-refractivity contribution in [3.8, 4) is 0 Å². The lowest BCUT2D eigenvalue weighted by atomic mass is 10.0. The van der Waals surface area contributed by atoms with Gasteiger partial charge in [-0.05, 0) is 64.2 Å². The third kappa shape index (κ3) is 38.0. The first-order valence-corrected chi connectivity index (χ1v) is 23.7. The van der Waals surface area contributed by atoms with Gasteiger partial charge in [0, 0.05) is 12.8 Å². The Labute approximate surface area is 342 Å². The van der Waals surface area contributed by atoms with Crippen LogP contribution in [0.2, 0.25) is 0 Å². The van der Waals surface area contributed by atoms with Crippen molar-refractivity contribution in [2.75, 3.05) is 47.5 Å². The van der Waals surface area contributed by atoms with Gasteiger partial charge in [0.25, 0.3) is 0 Å². The Balaban J connectivity index is 4.47. The molecular weight excluding hydrogens is 733 g/mol. The Morgan fingerprint density at radius 3 is 1.68 bits per heavy atom. The smallest absolute Gasteiger partial charge is 0.462 e. The van der Waals surface area contributed by atoms with Gasteiger partial charge < -0.3 is 29.1 Å². The van der Waals surface area contributed by atoms with Crippen LogP contribution in [0.25, 0.3) is 0 Å². The van der Waals surface area contributed by atoms with E-state index in [0.29, 0.717) is 36.7 Å². The average Bonchev–Trinajstić information content (AvgIpc) is 3.14. The summed E-state index contributed by atoms with van der Waals surface area (Å²) < 4.78 is 34.2. The fourth-order valence-electron chi connectivity index (χ4n) is 5.97. The highest BCUT2D eigenvalue weighted by Gasteiger charge is 2.27. The highest BCUT2D eigenvalue weighted by atomic mass is 31.2. The number of phosphoric ester groups is 1. The molecule has 0 aromatic carbocycles. The minimum Gasteiger partial charge on any atom is -0.462 e. The van der Waals surface area contributed by atoms with Crippen molar-refractivity contribution < 1.29 is 52.3 Å². The van der Waals surface area contributed by atoms with E-state index in [-0.39, 0.29) is 26.1 Å². The quantitative estimate of drug-likeness (QED) is 0.0179. The van der Waals surface area contributed by atoms with Crippen molar-refractivity contribution in [1.29, 1.82) is 0 Å². The van der Waals surface area contributed by atoms with Gasteiger partial charge >= 0.3 is 19.8 Å². The summed E-state index contributed by atoms with van der Waals surface area (Å²) >= 11 is 0. The Morgan fingerprint density at radius 2 is 1.09 bits per heavy atom. The standard InChI is InChI=1S/C44H84NO10P/c1-6-8-10-12-14-15-16-17-18-19-20-21-22-26-31-35-44(49)55-40(39-54-56(50,51)53-37-36-45(3,4)5)38-52-43(48)34-30-27-23-25-29-33-42(47)41(46)32-28-24-13-11-9-7-2/h15-16,24,28,40-42,46-47H,6-14,17-23,25-27,29-39H2,1-5H3/p+1/b16-15-,28-24-/t40-,41-,42-/m1/s1. The lowest BCUT2D eigenvalue weighted by Gasteiger charge is -2.24. The molecule has 0 rings (SSSR count). The number of esters is 2. The largest absolute Gasteiger partial charge is 0.472 e. The van der Waals surface area contributed by atoms with Crippen molar-refractivity contribution >= 4 is 19.8 Å². The molecular formula is C44H85NO10P+. The number of rotatable bonds is 40. The molecule has 11 nitrogen and oxygen atoms in total. The normalized spacial score (nSPS) is 14.9. The van der Waals surface area contributed by atoms with Crippen molar-refractivity contribution in [2.45, 2.75) is 199 Å². The number of hydrogen-bond donors (Lipinski definition) is 3. The molecule has 0 heterocycles. The van der Waals surface area contributed by atoms with Crippen LogP contribution in [0.4, 0.5) is 0 Å². The van der Waals surface area contributed by atoms with E-state index in [1.807, 2.05) is 27.2 Å². The van der Waals surface area contributed by atoms with Gasteiger partial charge in [-0.1, -0.05) is 128 Å². The molecule has 0 aromatic rings. The number of nitrogens with zero attached hydrogens (tertiary/aromatic N) is 1. The summed E-state index contributed by atoms with van der Waals surface area (Å²) in [5.41, 5.74) is 0. The lowest BCUT2D eigenvalue weighted by Crippen LogP contribution is -2.37. The van der Waals surface area contributed by atoms with E-state index in [9.17, 15) is 29.3 Å². The summed E-state index contributed by atoms with van der Waals surface area (Å²) in [5, 5.41) is 20.4. The molecule has 0 spiro atoms. The first-order valence-electron chi connectivity index (χ1n) is 22.2. The summed E-state index contributed by atoms with van der Waals surface area (Å²) in [6, 6.07) is 0. The van der Waals surface area contributed by atoms with Crippen molar-refractivity contribution in [3.63, 3.8) is 0 Å². The molecule has 0 aliphatic carbocycles. The van der Waals surface area contributed by atoms with Gasteiger partial charge in [-0.2, -0.15) is 0 Å². The number of carbonyl (C=O) groups excluding carboxylic acids is 2. The van der Waals surface area contributed by atoms with Crippen LogP contribution in [0, 0.1) is 0 Å². The topological polar surface area (TPSA) is 149 Å². The summed E-state index contributed by atoms with van der Waals surface area (Å²) in [7, 11) is 1.39. The van der Waals surface area contributed by atoms with Crippen LogP contribution in [0.1, 0.15) is 181 Å². The molecule has 0 radical (unpaired) electrons. The van der Waals surface area contributed by atoms with Gasteiger partial charge in [0.05, 0.1) is 40.0 Å². The number of ether oxygens (including phenoxy) is 2. The van der Waals surface area contributed by atoms with Gasteiger partial charge in [0.1, 0.15) is 19.8 Å². The minimum absolute atomic E-state index is 0.00630. The third-order valence-corrected chi connectivity index (χ3v) is 10.6. The Morgan fingerprint density at radius 1 is 0.607 bits per heavy atom. The number of allylic oxidation sites excluding steroid dienone is 3. The van der Waals surface area contributed by atoms with Crippen LogP contribution >= 0.6 is 7.82 Å². The molecule has 0 aromatic heterocycles. The highest BCUT2D eigenvalue weighted by molar-refractivity contribution is 7.47. The molecule has 1 unspecified atom stereocenters. The van der Waals surface area contributed by atoms with Crippen LogP contribution in [0.3, 0.4) is 0 Å². The van der Waals surface area contributed by atoms with Crippen molar-refractivity contribution in [2.24, 2.45) is 0 Å². The number of likely N-dealkylation sites (N-methyl/N-ethyl adjacent to an activating group) is 1. The van der Waals surface area contributed by atoms with Gasteiger partial charge in [-0.25, -0.2) is 4.57 Å². The molecule has 0 saturated carbocycles. The Bertz CT molecular complexity index is 1050. The first-order chi connectivity index (χ1) is 26.8. The third-order valence-electron chi connectivity index (χ3n) is 9.65. The molecule has 0 aliphatic heterocycles. The van der Waals surface area contributed by atoms with Gasteiger partial charge in [-0.15, -0.1) is 0 Å². The van der Waals surface area contributed by atoms with E-state index in [2.05, 4.69) is 32.1 Å². The summed E-state index contributed by atoms with van der Waals surface area (Å²) in [6.07, 6.45) is 31.0. The molecule has 0 aliphatic rings. The zero-order chi connectivity index (χ0) is 41.8. The first kappa shape index (κ1) is 54.4. The monoisotopic (exact) mass is 819 g/mol. The van der Waals surface area contributed by atoms with E-state index in [4.69, 9.17) is 18.5 Å². The fourth-order valence-corrected chi connectivity index (χ4v) is 6.71. The molecule has 0 fully saturated rings.